The average molecular weight is 210 g/mol. The second kappa shape index (κ2) is 5.44. The molecular weight excluding hydrogens is 192 g/mol. The maximum Gasteiger partial charge on any atom is 0.310 e. The SMILES string of the molecule is CCC(CN(C)c1ccc[nH]1)C(=O)OC. The molecule has 0 aromatic carbocycles. The van der Waals surface area contributed by atoms with E-state index in [2.05, 4.69) is 4.98 Å². The highest BCUT2D eigenvalue weighted by Gasteiger charge is 2.19. The highest BCUT2D eigenvalue weighted by Crippen LogP contribution is 2.13. The van der Waals surface area contributed by atoms with Gasteiger partial charge in [0.1, 0.15) is 5.82 Å². The third kappa shape index (κ3) is 3.01. The van der Waals surface area contributed by atoms with Crippen LogP contribution >= 0.6 is 0 Å². The smallest absolute Gasteiger partial charge is 0.310 e. The number of rotatable bonds is 5. The van der Waals surface area contributed by atoms with Gasteiger partial charge in [0.2, 0.25) is 0 Å². The van der Waals surface area contributed by atoms with Crippen molar-refractivity contribution in [3.63, 3.8) is 0 Å². The highest BCUT2D eigenvalue weighted by atomic mass is 16.5. The molecule has 1 aromatic rings. The molecule has 1 atom stereocenters. The van der Waals surface area contributed by atoms with Crippen LogP contribution in [0.25, 0.3) is 0 Å². The molecule has 1 unspecified atom stereocenters. The Morgan fingerprint density at radius 3 is 2.87 bits per heavy atom. The van der Waals surface area contributed by atoms with Crippen molar-refractivity contribution in [3.05, 3.63) is 18.3 Å². The van der Waals surface area contributed by atoms with Gasteiger partial charge in [0.25, 0.3) is 0 Å². The van der Waals surface area contributed by atoms with Crippen molar-refractivity contribution in [1.29, 1.82) is 0 Å². The van der Waals surface area contributed by atoms with Crippen LogP contribution in [0.5, 0.6) is 0 Å². The van der Waals surface area contributed by atoms with Crippen molar-refractivity contribution < 1.29 is 9.53 Å². The van der Waals surface area contributed by atoms with Gasteiger partial charge in [-0.25, -0.2) is 0 Å². The van der Waals surface area contributed by atoms with Crippen LogP contribution in [0.1, 0.15) is 13.3 Å². The lowest BCUT2D eigenvalue weighted by Crippen LogP contribution is -2.30. The molecule has 0 saturated heterocycles. The summed E-state index contributed by atoms with van der Waals surface area (Å²) in [6, 6.07) is 3.91. The largest absolute Gasteiger partial charge is 0.469 e. The number of esters is 1. The fourth-order valence-corrected chi connectivity index (χ4v) is 1.52. The Balaban J connectivity index is 2.56. The third-order valence-corrected chi connectivity index (χ3v) is 2.51. The maximum absolute atomic E-state index is 11.4. The van der Waals surface area contributed by atoms with Crippen molar-refractivity contribution in [2.45, 2.75) is 13.3 Å². The molecule has 15 heavy (non-hydrogen) atoms. The number of hydrogen-bond acceptors (Lipinski definition) is 3. The molecule has 0 radical (unpaired) electrons. The summed E-state index contributed by atoms with van der Waals surface area (Å²) in [7, 11) is 3.39. The zero-order valence-electron chi connectivity index (χ0n) is 9.49. The van der Waals surface area contributed by atoms with Crippen LogP contribution < -0.4 is 4.90 Å². The molecule has 1 rings (SSSR count). The number of carbonyl (C=O) groups is 1. The number of H-pyrrole nitrogens is 1. The van der Waals surface area contributed by atoms with Gasteiger partial charge in [-0.15, -0.1) is 0 Å². The van der Waals surface area contributed by atoms with Crippen molar-refractivity contribution >= 4 is 11.8 Å². The molecule has 1 N–H and O–H groups in total. The summed E-state index contributed by atoms with van der Waals surface area (Å²) in [5, 5.41) is 0. The molecule has 0 fully saturated rings. The minimum absolute atomic E-state index is 0.0664. The number of hydrogen-bond donors (Lipinski definition) is 1. The van der Waals surface area contributed by atoms with Gasteiger partial charge in [0.15, 0.2) is 0 Å². The zero-order chi connectivity index (χ0) is 11.3. The Labute approximate surface area is 90.2 Å². The molecule has 1 aromatic heterocycles. The minimum atomic E-state index is -0.143. The van der Waals surface area contributed by atoms with Crippen LogP contribution in [0.15, 0.2) is 18.3 Å². The minimum Gasteiger partial charge on any atom is -0.469 e. The molecular formula is C11H18N2O2. The first-order valence-electron chi connectivity index (χ1n) is 5.11. The van der Waals surface area contributed by atoms with E-state index in [-0.39, 0.29) is 11.9 Å². The third-order valence-electron chi connectivity index (χ3n) is 2.51. The number of ether oxygens (including phenoxy) is 1. The Morgan fingerprint density at radius 1 is 1.67 bits per heavy atom. The van der Waals surface area contributed by atoms with E-state index in [1.807, 2.05) is 37.2 Å². The Kier molecular flexibility index (Phi) is 4.21. The van der Waals surface area contributed by atoms with Gasteiger partial charge in [0, 0.05) is 19.8 Å². The predicted octanol–water partition coefficient (Wildman–Crippen LogP) is 1.65. The fraction of sp³-hybridized carbons (Fsp3) is 0.545. The summed E-state index contributed by atoms with van der Waals surface area (Å²) >= 11 is 0. The van der Waals surface area contributed by atoms with Crippen LogP contribution in [0.3, 0.4) is 0 Å². The van der Waals surface area contributed by atoms with E-state index in [1.165, 1.54) is 7.11 Å². The van der Waals surface area contributed by atoms with Gasteiger partial charge in [0.05, 0.1) is 13.0 Å². The van der Waals surface area contributed by atoms with Crippen LogP contribution in [-0.4, -0.2) is 31.7 Å². The van der Waals surface area contributed by atoms with E-state index in [9.17, 15) is 4.79 Å². The Morgan fingerprint density at radius 2 is 2.40 bits per heavy atom. The van der Waals surface area contributed by atoms with Crippen molar-refractivity contribution in [2.75, 3.05) is 25.6 Å². The first kappa shape index (κ1) is 11.6. The summed E-state index contributed by atoms with van der Waals surface area (Å²) in [6.45, 7) is 2.66. The van der Waals surface area contributed by atoms with Crippen molar-refractivity contribution in [3.8, 4) is 0 Å². The summed E-state index contributed by atoms with van der Waals surface area (Å²) in [4.78, 5) is 16.5. The molecule has 0 aliphatic rings. The Hall–Kier alpha value is -1.45. The van der Waals surface area contributed by atoms with E-state index in [0.717, 1.165) is 12.2 Å². The van der Waals surface area contributed by atoms with Gasteiger partial charge < -0.3 is 14.6 Å². The van der Waals surface area contributed by atoms with Crippen molar-refractivity contribution in [1.82, 2.24) is 4.98 Å². The molecule has 0 spiro atoms. The van der Waals surface area contributed by atoms with Crippen molar-refractivity contribution in [2.24, 2.45) is 5.92 Å². The van der Waals surface area contributed by atoms with Crippen LogP contribution in [0.2, 0.25) is 0 Å². The molecule has 0 saturated carbocycles. The molecule has 84 valence electrons. The summed E-state index contributed by atoms with van der Waals surface area (Å²) in [6.07, 6.45) is 2.66. The number of anilines is 1. The van der Waals surface area contributed by atoms with Gasteiger partial charge in [-0.05, 0) is 18.6 Å². The van der Waals surface area contributed by atoms with Crippen LogP contribution in [0.4, 0.5) is 5.82 Å². The number of nitrogens with zero attached hydrogens (tertiary/aromatic N) is 1. The van der Waals surface area contributed by atoms with E-state index in [0.29, 0.717) is 6.54 Å². The number of carbonyl (C=O) groups excluding carboxylic acids is 1. The summed E-state index contributed by atoms with van der Waals surface area (Å²) in [5.74, 6) is 0.802. The van der Waals surface area contributed by atoms with Gasteiger partial charge in [-0.1, -0.05) is 6.92 Å². The quantitative estimate of drug-likeness (QED) is 0.752. The standard InChI is InChI=1S/C11H18N2O2/c1-4-9(11(14)15-3)8-13(2)10-6-5-7-12-10/h5-7,9,12H,4,8H2,1-3H3. The lowest BCUT2D eigenvalue weighted by Gasteiger charge is -2.22. The normalized spacial score (nSPS) is 12.2. The first-order valence-corrected chi connectivity index (χ1v) is 5.11. The molecule has 4 heteroatoms. The molecule has 0 aliphatic heterocycles. The van der Waals surface area contributed by atoms with E-state index >= 15 is 0 Å². The fourth-order valence-electron chi connectivity index (χ4n) is 1.52. The predicted molar refractivity (Wildman–Crippen MR) is 59.9 cm³/mol. The Bertz CT molecular complexity index is 296. The molecule has 0 aliphatic carbocycles. The molecule has 0 bridgehead atoms. The molecule has 1 heterocycles. The lowest BCUT2D eigenvalue weighted by molar-refractivity contribution is -0.145. The highest BCUT2D eigenvalue weighted by molar-refractivity contribution is 5.73. The second-order valence-electron chi connectivity index (χ2n) is 3.56. The molecule has 0 amide bonds. The average Bonchev–Trinajstić information content (AvgIpc) is 2.77. The van der Waals surface area contributed by atoms with Crippen LogP contribution in [0, 0.1) is 5.92 Å². The van der Waals surface area contributed by atoms with E-state index < -0.39 is 0 Å². The summed E-state index contributed by atoms with van der Waals surface area (Å²) < 4.78 is 4.75. The number of aromatic nitrogens is 1. The second-order valence-corrected chi connectivity index (χ2v) is 3.56. The number of aromatic amines is 1. The number of nitrogens with one attached hydrogen (secondary N) is 1. The van der Waals surface area contributed by atoms with E-state index in [1.54, 1.807) is 0 Å². The van der Waals surface area contributed by atoms with Crippen LogP contribution in [-0.2, 0) is 9.53 Å². The number of methoxy groups -OCH3 is 1. The maximum atomic E-state index is 11.4. The summed E-state index contributed by atoms with van der Waals surface area (Å²) in [5.41, 5.74) is 0. The van der Waals surface area contributed by atoms with Gasteiger partial charge >= 0.3 is 5.97 Å². The molecule has 4 nitrogen and oxygen atoms in total. The zero-order valence-corrected chi connectivity index (χ0v) is 9.49. The lowest BCUT2D eigenvalue weighted by atomic mass is 10.1. The van der Waals surface area contributed by atoms with E-state index in [4.69, 9.17) is 4.74 Å². The van der Waals surface area contributed by atoms with Gasteiger partial charge in [-0.2, -0.15) is 0 Å². The topological polar surface area (TPSA) is 45.3 Å². The first-order chi connectivity index (χ1) is 7.19. The monoisotopic (exact) mass is 210 g/mol. The van der Waals surface area contributed by atoms with Gasteiger partial charge in [-0.3, -0.25) is 4.79 Å².